The van der Waals surface area contributed by atoms with Crippen LogP contribution in [0.2, 0.25) is 0 Å². The lowest BCUT2D eigenvalue weighted by Crippen LogP contribution is -2.38. The summed E-state index contributed by atoms with van der Waals surface area (Å²) in [4.78, 5) is 2.45. The first-order valence-electron chi connectivity index (χ1n) is 6.53. The van der Waals surface area contributed by atoms with Gasteiger partial charge in [0.05, 0.1) is 0 Å². The van der Waals surface area contributed by atoms with Gasteiger partial charge in [-0.25, -0.2) is 0 Å². The molecule has 1 fully saturated rings. The van der Waals surface area contributed by atoms with Gasteiger partial charge in [0.1, 0.15) is 6.23 Å². The van der Waals surface area contributed by atoms with Crippen molar-refractivity contribution in [2.24, 2.45) is 0 Å². The van der Waals surface area contributed by atoms with Crippen LogP contribution in [0.5, 0.6) is 0 Å². The third-order valence-corrected chi connectivity index (χ3v) is 3.65. The highest BCUT2D eigenvalue weighted by Crippen LogP contribution is 2.25. The van der Waals surface area contributed by atoms with E-state index in [0.717, 1.165) is 19.7 Å². The molecule has 1 aromatic carbocycles. The van der Waals surface area contributed by atoms with Crippen molar-refractivity contribution in [2.75, 3.05) is 19.7 Å². The largest absolute Gasteiger partial charge is 0.363 e. The van der Waals surface area contributed by atoms with Gasteiger partial charge in [0.15, 0.2) is 0 Å². The van der Waals surface area contributed by atoms with Gasteiger partial charge in [0, 0.05) is 19.7 Å². The molecule has 2 heteroatoms. The van der Waals surface area contributed by atoms with Gasteiger partial charge >= 0.3 is 0 Å². The molecule has 2 aliphatic heterocycles. The van der Waals surface area contributed by atoms with Crippen LogP contribution in [0, 0.1) is 0 Å². The molecule has 90 valence electrons. The van der Waals surface area contributed by atoms with E-state index in [1.165, 1.54) is 30.4 Å². The maximum absolute atomic E-state index is 5.84. The first-order valence-corrected chi connectivity index (χ1v) is 6.53. The van der Waals surface area contributed by atoms with Crippen molar-refractivity contribution >= 4 is 5.57 Å². The van der Waals surface area contributed by atoms with Crippen molar-refractivity contribution in [1.82, 2.24) is 4.90 Å². The van der Waals surface area contributed by atoms with E-state index in [4.69, 9.17) is 4.74 Å². The molecule has 2 nitrogen and oxygen atoms in total. The summed E-state index contributed by atoms with van der Waals surface area (Å²) in [5.74, 6) is 0. The van der Waals surface area contributed by atoms with Gasteiger partial charge in [-0.1, -0.05) is 36.4 Å². The van der Waals surface area contributed by atoms with Crippen molar-refractivity contribution in [1.29, 1.82) is 0 Å². The van der Waals surface area contributed by atoms with Crippen LogP contribution >= 0.6 is 0 Å². The minimum absolute atomic E-state index is 0.348. The summed E-state index contributed by atoms with van der Waals surface area (Å²) in [5.41, 5.74) is 2.80. The molecular weight excluding hydrogens is 210 g/mol. The Hall–Kier alpha value is -1.12. The van der Waals surface area contributed by atoms with Crippen LogP contribution in [0.1, 0.15) is 24.8 Å². The van der Waals surface area contributed by atoms with Crippen LogP contribution in [-0.2, 0) is 4.74 Å². The Morgan fingerprint density at radius 2 is 2.00 bits per heavy atom. The Kier molecular flexibility index (Phi) is 3.25. The normalized spacial score (nSPS) is 25.9. The highest BCUT2D eigenvalue weighted by atomic mass is 16.5. The van der Waals surface area contributed by atoms with Gasteiger partial charge in [-0.15, -0.1) is 0 Å². The van der Waals surface area contributed by atoms with Gasteiger partial charge in [-0.05, 0) is 30.4 Å². The van der Waals surface area contributed by atoms with E-state index < -0.39 is 0 Å². The van der Waals surface area contributed by atoms with Gasteiger partial charge in [-0.3, -0.25) is 4.90 Å². The van der Waals surface area contributed by atoms with Gasteiger partial charge in [0.2, 0.25) is 0 Å². The number of benzene rings is 1. The van der Waals surface area contributed by atoms with E-state index in [0.29, 0.717) is 6.23 Å². The molecular formula is C15H19NO. The average Bonchev–Trinajstić information content (AvgIpc) is 2.90. The van der Waals surface area contributed by atoms with Crippen molar-refractivity contribution in [2.45, 2.75) is 25.5 Å². The van der Waals surface area contributed by atoms with E-state index >= 15 is 0 Å². The second-order valence-electron chi connectivity index (χ2n) is 4.85. The Labute approximate surface area is 103 Å². The van der Waals surface area contributed by atoms with E-state index in [9.17, 15) is 0 Å². The van der Waals surface area contributed by atoms with Gasteiger partial charge in [0.25, 0.3) is 0 Å². The van der Waals surface area contributed by atoms with Crippen LogP contribution in [0.4, 0.5) is 0 Å². The van der Waals surface area contributed by atoms with Gasteiger partial charge < -0.3 is 4.74 Å². The van der Waals surface area contributed by atoms with E-state index in [1.54, 1.807) is 0 Å². The third-order valence-electron chi connectivity index (χ3n) is 3.65. The van der Waals surface area contributed by atoms with Crippen molar-refractivity contribution in [3.63, 3.8) is 0 Å². The summed E-state index contributed by atoms with van der Waals surface area (Å²) in [5, 5.41) is 0. The molecule has 1 atom stereocenters. The zero-order chi connectivity index (χ0) is 11.5. The maximum Gasteiger partial charge on any atom is 0.111 e. The fourth-order valence-corrected chi connectivity index (χ4v) is 2.67. The van der Waals surface area contributed by atoms with Gasteiger partial charge in [-0.2, -0.15) is 0 Å². The summed E-state index contributed by atoms with van der Waals surface area (Å²) in [7, 11) is 0. The molecule has 0 bridgehead atoms. The number of ether oxygens (including phenoxy) is 1. The summed E-state index contributed by atoms with van der Waals surface area (Å²) in [6.45, 7) is 3.01. The number of hydrogen-bond donors (Lipinski definition) is 0. The molecule has 0 spiro atoms. The molecule has 1 aromatic rings. The smallest absolute Gasteiger partial charge is 0.111 e. The molecule has 1 unspecified atom stereocenters. The quantitative estimate of drug-likeness (QED) is 0.773. The lowest BCUT2D eigenvalue weighted by atomic mass is 10.1. The summed E-state index contributed by atoms with van der Waals surface area (Å²) >= 11 is 0. The van der Waals surface area contributed by atoms with Crippen LogP contribution in [0.15, 0.2) is 36.4 Å². The Morgan fingerprint density at radius 1 is 1.12 bits per heavy atom. The Bertz CT molecular complexity index is 393. The molecule has 1 saturated heterocycles. The van der Waals surface area contributed by atoms with E-state index in [1.807, 2.05) is 0 Å². The standard InChI is InChI=1S/C15H19NO/c1-2-6-13(7-3-1)14-9-10-16(12-14)15-8-4-5-11-17-15/h1-3,6-7,9,15H,4-5,8,10-12H2. The molecule has 0 saturated carbocycles. The second kappa shape index (κ2) is 5.03. The summed E-state index contributed by atoms with van der Waals surface area (Å²) < 4.78 is 5.84. The number of nitrogens with zero attached hydrogens (tertiary/aromatic N) is 1. The maximum atomic E-state index is 5.84. The van der Waals surface area contributed by atoms with Crippen molar-refractivity contribution in [3.05, 3.63) is 42.0 Å². The fraction of sp³-hybridized carbons (Fsp3) is 0.467. The molecule has 0 N–H and O–H groups in total. The first kappa shape index (κ1) is 11.0. The van der Waals surface area contributed by atoms with Crippen molar-refractivity contribution in [3.8, 4) is 0 Å². The summed E-state index contributed by atoms with van der Waals surface area (Å²) in [6, 6.07) is 10.7. The molecule has 0 radical (unpaired) electrons. The monoisotopic (exact) mass is 229 g/mol. The van der Waals surface area contributed by atoms with Crippen LogP contribution < -0.4 is 0 Å². The topological polar surface area (TPSA) is 12.5 Å². The first-order chi connectivity index (χ1) is 8.43. The zero-order valence-electron chi connectivity index (χ0n) is 10.1. The molecule has 0 aromatic heterocycles. The predicted octanol–water partition coefficient (Wildman–Crippen LogP) is 2.91. The van der Waals surface area contributed by atoms with E-state index in [2.05, 4.69) is 41.3 Å². The molecule has 0 aliphatic carbocycles. The van der Waals surface area contributed by atoms with Crippen LogP contribution in [-0.4, -0.2) is 30.8 Å². The van der Waals surface area contributed by atoms with E-state index in [-0.39, 0.29) is 0 Å². The van der Waals surface area contributed by atoms with Crippen LogP contribution in [0.25, 0.3) is 5.57 Å². The molecule has 2 aliphatic rings. The summed E-state index contributed by atoms with van der Waals surface area (Å²) in [6.07, 6.45) is 6.41. The molecule has 17 heavy (non-hydrogen) atoms. The highest BCUT2D eigenvalue weighted by molar-refractivity contribution is 5.68. The molecule has 3 rings (SSSR count). The lowest BCUT2D eigenvalue weighted by molar-refractivity contribution is -0.0735. The van der Waals surface area contributed by atoms with Crippen molar-refractivity contribution < 1.29 is 4.74 Å². The third kappa shape index (κ3) is 2.43. The molecule has 2 heterocycles. The Balaban J connectivity index is 1.64. The predicted molar refractivity (Wildman–Crippen MR) is 69.6 cm³/mol. The highest BCUT2D eigenvalue weighted by Gasteiger charge is 2.25. The minimum atomic E-state index is 0.348. The SMILES string of the molecule is C1=C(c2ccccc2)CN(C2CCCCO2)C1. The molecule has 0 amide bonds. The fourth-order valence-electron chi connectivity index (χ4n) is 2.67. The second-order valence-corrected chi connectivity index (χ2v) is 4.85. The number of rotatable bonds is 2. The zero-order valence-corrected chi connectivity index (χ0v) is 10.1. The van der Waals surface area contributed by atoms with Crippen LogP contribution in [0.3, 0.4) is 0 Å². The average molecular weight is 229 g/mol. The lowest BCUT2D eigenvalue weighted by Gasteiger charge is -2.31. The number of hydrogen-bond acceptors (Lipinski definition) is 2. The Morgan fingerprint density at radius 3 is 2.76 bits per heavy atom. The minimum Gasteiger partial charge on any atom is -0.363 e.